The van der Waals surface area contributed by atoms with Crippen molar-refractivity contribution >= 4 is 12.0 Å². The Kier molecular flexibility index (Phi) is 5.37. The highest BCUT2D eigenvalue weighted by molar-refractivity contribution is 5.94. The molecular formula is C14H18N2O4. The summed E-state index contributed by atoms with van der Waals surface area (Å²) in [5, 5.41) is 3.82. The summed E-state index contributed by atoms with van der Waals surface area (Å²) in [5.74, 6) is 0.301. The van der Waals surface area contributed by atoms with E-state index in [1.54, 1.807) is 4.90 Å². The van der Waals surface area contributed by atoms with Crippen molar-refractivity contribution in [2.45, 2.75) is 6.92 Å². The van der Waals surface area contributed by atoms with E-state index in [4.69, 9.17) is 14.3 Å². The molecule has 1 amide bonds. The average molecular weight is 278 g/mol. The molecule has 0 N–H and O–H groups in total. The maximum atomic E-state index is 11.8. The summed E-state index contributed by atoms with van der Waals surface area (Å²) in [6.45, 7) is 4.38. The SMILES string of the molecule is CCO/C(=N\OC(=O)N1CCOCC1)c1ccccc1. The van der Waals surface area contributed by atoms with Gasteiger partial charge in [0.15, 0.2) is 0 Å². The van der Waals surface area contributed by atoms with E-state index < -0.39 is 6.09 Å². The van der Waals surface area contributed by atoms with Gasteiger partial charge >= 0.3 is 6.09 Å². The predicted octanol–water partition coefficient (Wildman–Crippen LogP) is 1.85. The molecule has 1 saturated heterocycles. The molecule has 1 aromatic carbocycles. The van der Waals surface area contributed by atoms with Crippen molar-refractivity contribution in [1.29, 1.82) is 0 Å². The first-order chi connectivity index (χ1) is 9.81. The molecule has 6 nitrogen and oxygen atoms in total. The molecule has 0 radical (unpaired) electrons. The fourth-order valence-electron chi connectivity index (χ4n) is 1.76. The molecule has 1 fully saturated rings. The van der Waals surface area contributed by atoms with Gasteiger partial charge in [-0.05, 0) is 24.2 Å². The zero-order valence-corrected chi connectivity index (χ0v) is 11.4. The van der Waals surface area contributed by atoms with E-state index >= 15 is 0 Å². The molecule has 0 saturated carbocycles. The lowest BCUT2D eigenvalue weighted by Gasteiger charge is -2.24. The number of benzene rings is 1. The van der Waals surface area contributed by atoms with Crippen molar-refractivity contribution in [1.82, 2.24) is 4.90 Å². The van der Waals surface area contributed by atoms with Gasteiger partial charge in [-0.3, -0.25) is 4.84 Å². The van der Waals surface area contributed by atoms with Crippen LogP contribution in [0.25, 0.3) is 0 Å². The summed E-state index contributed by atoms with van der Waals surface area (Å²) in [7, 11) is 0. The Labute approximate surface area is 117 Å². The molecule has 1 aromatic rings. The van der Waals surface area contributed by atoms with Crippen molar-refractivity contribution in [2.75, 3.05) is 32.9 Å². The minimum atomic E-state index is -0.485. The minimum Gasteiger partial charge on any atom is -0.475 e. The number of hydrogen-bond acceptors (Lipinski definition) is 5. The van der Waals surface area contributed by atoms with E-state index in [1.807, 2.05) is 37.3 Å². The first kappa shape index (κ1) is 14.3. The highest BCUT2D eigenvalue weighted by Gasteiger charge is 2.18. The van der Waals surface area contributed by atoms with Crippen LogP contribution in [0.4, 0.5) is 4.79 Å². The van der Waals surface area contributed by atoms with Crippen molar-refractivity contribution in [2.24, 2.45) is 5.16 Å². The van der Waals surface area contributed by atoms with E-state index in [2.05, 4.69) is 5.16 Å². The van der Waals surface area contributed by atoms with E-state index in [-0.39, 0.29) is 0 Å². The van der Waals surface area contributed by atoms with Crippen molar-refractivity contribution in [3.8, 4) is 0 Å². The Hall–Kier alpha value is -2.08. The van der Waals surface area contributed by atoms with Crippen LogP contribution in [0.2, 0.25) is 0 Å². The Morgan fingerprint density at radius 2 is 2.00 bits per heavy atom. The molecule has 0 atom stereocenters. The third-order valence-electron chi connectivity index (χ3n) is 2.78. The summed E-state index contributed by atoms with van der Waals surface area (Å²) in [6.07, 6.45) is -0.485. The first-order valence-corrected chi connectivity index (χ1v) is 6.61. The van der Waals surface area contributed by atoms with Crippen LogP contribution in [-0.4, -0.2) is 49.8 Å². The third kappa shape index (κ3) is 3.96. The molecule has 0 bridgehead atoms. The Morgan fingerprint density at radius 3 is 2.65 bits per heavy atom. The molecule has 2 rings (SSSR count). The standard InChI is InChI=1S/C14H18N2O4/c1-2-19-13(12-6-4-3-5-7-12)15-20-14(17)16-8-10-18-11-9-16/h3-7H,2,8-11H2,1H3/b15-13-. The summed E-state index contributed by atoms with van der Waals surface area (Å²) >= 11 is 0. The van der Waals surface area contributed by atoms with E-state index in [0.717, 1.165) is 5.56 Å². The molecule has 0 spiro atoms. The Balaban J connectivity index is 2.00. The van der Waals surface area contributed by atoms with E-state index in [9.17, 15) is 4.79 Å². The van der Waals surface area contributed by atoms with Crippen molar-refractivity contribution < 1.29 is 19.1 Å². The van der Waals surface area contributed by atoms with Crippen LogP contribution in [0.5, 0.6) is 0 Å². The Bertz CT molecular complexity index is 456. The zero-order chi connectivity index (χ0) is 14.2. The number of hydrogen-bond donors (Lipinski definition) is 0. The monoisotopic (exact) mass is 278 g/mol. The number of morpholine rings is 1. The molecule has 1 heterocycles. The van der Waals surface area contributed by atoms with Crippen molar-refractivity contribution in [3.63, 3.8) is 0 Å². The zero-order valence-electron chi connectivity index (χ0n) is 11.4. The number of amides is 1. The molecule has 108 valence electrons. The quantitative estimate of drug-likeness (QED) is 0.366. The molecule has 20 heavy (non-hydrogen) atoms. The van der Waals surface area contributed by atoms with Gasteiger partial charge in [0.1, 0.15) is 0 Å². The maximum Gasteiger partial charge on any atom is 0.436 e. The summed E-state index contributed by atoms with van der Waals surface area (Å²) in [5.41, 5.74) is 0.768. The topological polar surface area (TPSA) is 60.4 Å². The van der Waals surface area contributed by atoms with E-state index in [0.29, 0.717) is 38.8 Å². The van der Waals surface area contributed by atoms with Crippen LogP contribution >= 0.6 is 0 Å². The second kappa shape index (κ2) is 7.49. The van der Waals surface area contributed by atoms with Gasteiger partial charge < -0.3 is 14.4 Å². The van der Waals surface area contributed by atoms with Gasteiger partial charge in [-0.25, -0.2) is 4.79 Å². The highest BCUT2D eigenvalue weighted by atomic mass is 16.7. The largest absolute Gasteiger partial charge is 0.475 e. The molecule has 0 unspecified atom stereocenters. The molecular weight excluding hydrogens is 260 g/mol. The lowest BCUT2D eigenvalue weighted by atomic mass is 10.2. The molecule has 6 heteroatoms. The average Bonchev–Trinajstić information content (AvgIpc) is 2.53. The van der Waals surface area contributed by atoms with E-state index in [1.165, 1.54) is 0 Å². The first-order valence-electron chi connectivity index (χ1n) is 6.61. The van der Waals surface area contributed by atoms with Gasteiger partial charge in [0.05, 0.1) is 19.8 Å². The van der Waals surface area contributed by atoms with Gasteiger partial charge in [0, 0.05) is 18.7 Å². The van der Waals surface area contributed by atoms with Gasteiger partial charge in [0.25, 0.3) is 5.90 Å². The molecule has 1 aliphatic rings. The van der Waals surface area contributed by atoms with Crippen LogP contribution in [0.15, 0.2) is 35.5 Å². The number of rotatable bonds is 3. The van der Waals surface area contributed by atoms with Gasteiger partial charge in [-0.15, -0.1) is 0 Å². The second-order valence-electron chi connectivity index (χ2n) is 4.15. The number of carbonyl (C=O) groups is 1. The van der Waals surface area contributed by atoms with Crippen LogP contribution in [0.3, 0.4) is 0 Å². The number of ether oxygens (including phenoxy) is 2. The van der Waals surface area contributed by atoms with Crippen LogP contribution < -0.4 is 0 Å². The summed E-state index contributed by atoms with van der Waals surface area (Å²) in [6, 6.07) is 9.32. The fraction of sp³-hybridized carbons (Fsp3) is 0.429. The van der Waals surface area contributed by atoms with Crippen LogP contribution in [0.1, 0.15) is 12.5 Å². The van der Waals surface area contributed by atoms with Crippen LogP contribution in [-0.2, 0) is 14.3 Å². The van der Waals surface area contributed by atoms with Crippen molar-refractivity contribution in [3.05, 3.63) is 35.9 Å². The number of carbonyl (C=O) groups excluding carboxylic acids is 1. The molecule has 1 aliphatic heterocycles. The maximum absolute atomic E-state index is 11.8. The lowest BCUT2D eigenvalue weighted by molar-refractivity contribution is 0.0271. The number of nitrogens with zero attached hydrogens (tertiary/aromatic N) is 2. The fourth-order valence-corrected chi connectivity index (χ4v) is 1.76. The minimum absolute atomic E-state index is 0.301. The van der Waals surface area contributed by atoms with Gasteiger partial charge in [-0.1, -0.05) is 18.2 Å². The molecule has 0 aliphatic carbocycles. The summed E-state index contributed by atoms with van der Waals surface area (Å²) < 4.78 is 10.6. The molecule has 0 aromatic heterocycles. The smallest absolute Gasteiger partial charge is 0.436 e. The second-order valence-corrected chi connectivity index (χ2v) is 4.15. The number of oxime groups is 1. The highest BCUT2D eigenvalue weighted by Crippen LogP contribution is 2.05. The van der Waals surface area contributed by atoms with Crippen LogP contribution in [0, 0.1) is 0 Å². The van der Waals surface area contributed by atoms with Gasteiger partial charge in [-0.2, -0.15) is 0 Å². The summed E-state index contributed by atoms with van der Waals surface area (Å²) in [4.78, 5) is 18.3. The third-order valence-corrected chi connectivity index (χ3v) is 2.78. The Morgan fingerprint density at radius 1 is 1.30 bits per heavy atom. The van der Waals surface area contributed by atoms with Gasteiger partial charge in [0.2, 0.25) is 0 Å². The lowest BCUT2D eigenvalue weighted by Crippen LogP contribution is -2.40. The predicted molar refractivity (Wildman–Crippen MR) is 73.5 cm³/mol. The normalized spacial score (nSPS) is 15.8.